The van der Waals surface area contributed by atoms with Crippen molar-refractivity contribution in [1.29, 1.82) is 0 Å². The minimum Gasteiger partial charge on any atom is -0.341 e. The van der Waals surface area contributed by atoms with Gasteiger partial charge in [0.1, 0.15) is 18.4 Å². The lowest BCUT2D eigenvalue weighted by Gasteiger charge is -2.34. The predicted molar refractivity (Wildman–Crippen MR) is 132 cm³/mol. The Bertz CT molecular complexity index is 1380. The SMILES string of the molecule is CNC(=O)Nc1ccc2c(c1)NC(=O)CC21NC(=O)N(CC(=O)N(Cc2ccc(F)cc2)[C@@H](C)C(F)(F)F)C1=O. The average Bonchev–Trinajstić information content (AvgIpc) is 3.11. The van der Waals surface area contributed by atoms with Gasteiger partial charge < -0.3 is 26.2 Å². The van der Waals surface area contributed by atoms with Crippen LogP contribution in [0.25, 0.3) is 0 Å². The van der Waals surface area contributed by atoms with E-state index in [-0.39, 0.29) is 22.5 Å². The lowest BCUT2D eigenvalue weighted by Crippen LogP contribution is -2.52. The van der Waals surface area contributed by atoms with Gasteiger partial charge >= 0.3 is 18.2 Å². The lowest BCUT2D eigenvalue weighted by molar-refractivity contribution is -0.187. The first kappa shape index (κ1) is 28.3. The van der Waals surface area contributed by atoms with Gasteiger partial charge in [-0.2, -0.15) is 13.2 Å². The molecule has 7 amide bonds. The molecule has 40 heavy (non-hydrogen) atoms. The number of nitrogens with zero attached hydrogens (tertiary/aromatic N) is 2. The van der Waals surface area contributed by atoms with E-state index in [1.54, 1.807) is 0 Å². The fourth-order valence-electron chi connectivity index (χ4n) is 4.52. The molecule has 0 aromatic heterocycles. The van der Waals surface area contributed by atoms with Crippen molar-refractivity contribution in [2.24, 2.45) is 0 Å². The Hall–Kier alpha value is -4.69. The standard InChI is InChI=1S/C25H24F4N6O5/c1-13(25(27,28)29)34(11-14-3-5-15(26)6-4-14)20(37)12-35-21(38)24(33-23(35)40)10-19(36)32-18-9-16(7-8-17(18)24)31-22(39)30-2/h3-9,13H,10-12H2,1-2H3,(H,32,36)(H,33,40)(H2,30,31,39)/t13-,24?/m0/s1. The Balaban J connectivity index is 1.62. The van der Waals surface area contributed by atoms with E-state index in [0.717, 1.165) is 19.1 Å². The Morgan fingerprint density at radius 3 is 2.42 bits per heavy atom. The minimum atomic E-state index is -4.84. The minimum absolute atomic E-state index is 0.107. The van der Waals surface area contributed by atoms with Crippen molar-refractivity contribution in [2.45, 2.75) is 37.6 Å². The predicted octanol–water partition coefficient (Wildman–Crippen LogP) is 2.65. The van der Waals surface area contributed by atoms with Crippen molar-refractivity contribution in [1.82, 2.24) is 20.4 Å². The summed E-state index contributed by atoms with van der Waals surface area (Å²) in [5.41, 5.74) is -1.20. The van der Waals surface area contributed by atoms with E-state index in [4.69, 9.17) is 0 Å². The Morgan fingerprint density at radius 2 is 1.80 bits per heavy atom. The van der Waals surface area contributed by atoms with Crippen molar-refractivity contribution in [3.8, 4) is 0 Å². The zero-order valence-electron chi connectivity index (χ0n) is 21.2. The fraction of sp³-hybridized carbons (Fsp3) is 0.320. The summed E-state index contributed by atoms with van der Waals surface area (Å²) < 4.78 is 54.2. The van der Waals surface area contributed by atoms with E-state index in [1.807, 2.05) is 0 Å². The van der Waals surface area contributed by atoms with Crippen LogP contribution in [0.4, 0.5) is 38.5 Å². The second kappa shape index (κ2) is 10.5. The molecular formula is C25H24F4N6O5. The number of amides is 7. The van der Waals surface area contributed by atoms with Crippen LogP contribution in [0, 0.1) is 5.82 Å². The number of hydrogen-bond donors (Lipinski definition) is 4. The molecule has 4 rings (SSSR count). The highest BCUT2D eigenvalue weighted by molar-refractivity contribution is 6.14. The fourth-order valence-corrected chi connectivity index (χ4v) is 4.52. The summed E-state index contributed by atoms with van der Waals surface area (Å²) in [6.45, 7) is -0.858. The molecule has 2 aromatic rings. The molecule has 0 bridgehead atoms. The maximum absolute atomic E-state index is 13.6. The maximum atomic E-state index is 13.6. The van der Waals surface area contributed by atoms with Crippen molar-refractivity contribution in [3.63, 3.8) is 0 Å². The second-order valence-electron chi connectivity index (χ2n) is 9.28. The quantitative estimate of drug-likeness (QED) is 0.316. The third-order valence-corrected chi connectivity index (χ3v) is 6.66. The number of fused-ring (bicyclic) bond motifs is 2. The van der Waals surface area contributed by atoms with Crippen LogP contribution in [0.5, 0.6) is 0 Å². The first-order chi connectivity index (χ1) is 18.7. The number of anilines is 2. The normalized spacial score (nSPS) is 19.1. The van der Waals surface area contributed by atoms with Gasteiger partial charge in [0.25, 0.3) is 5.91 Å². The van der Waals surface area contributed by atoms with Crippen LogP contribution in [-0.4, -0.2) is 65.4 Å². The summed E-state index contributed by atoms with van der Waals surface area (Å²) in [4.78, 5) is 64.7. The maximum Gasteiger partial charge on any atom is 0.408 e. The van der Waals surface area contributed by atoms with Gasteiger partial charge in [0.2, 0.25) is 11.8 Å². The molecule has 2 heterocycles. The zero-order valence-corrected chi connectivity index (χ0v) is 21.2. The van der Waals surface area contributed by atoms with Crippen LogP contribution in [-0.2, 0) is 26.5 Å². The number of benzene rings is 2. The Kier molecular flexibility index (Phi) is 7.41. The topological polar surface area (TPSA) is 140 Å². The van der Waals surface area contributed by atoms with Crippen LogP contribution >= 0.6 is 0 Å². The molecule has 11 nitrogen and oxygen atoms in total. The number of halogens is 4. The van der Waals surface area contributed by atoms with Crippen LogP contribution in [0.15, 0.2) is 42.5 Å². The average molecular weight is 564 g/mol. The molecule has 2 aromatic carbocycles. The monoisotopic (exact) mass is 564 g/mol. The van der Waals surface area contributed by atoms with E-state index in [0.29, 0.717) is 9.80 Å². The number of nitrogens with one attached hydrogen (secondary N) is 4. The summed E-state index contributed by atoms with van der Waals surface area (Å²) in [7, 11) is 1.39. The summed E-state index contributed by atoms with van der Waals surface area (Å²) in [5, 5.41) is 9.84. The van der Waals surface area contributed by atoms with E-state index in [2.05, 4.69) is 21.3 Å². The molecule has 1 saturated heterocycles. The molecule has 2 aliphatic heterocycles. The van der Waals surface area contributed by atoms with Crippen LogP contribution in [0.2, 0.25) is 0 Å². The number of imide groups is 1. The van der Waals surface area contributed by atoms with Crippen molar-refractivity contribution in [3.05, 3.63) is 59.4 Å². The van der Waals surface area contributed by atoms with Crippen molar-refractivity contribution in [2.75, 3.05) is 24.2 Å². The number of alkyl halides is 3. The van der Waals surface area contributed by atoms with Gasteiger partial charge in [-0.05, 0) is 36.8 Å². The Labute approximate surface area is 224 Å². The second-order valence-corrected chi connectivity index (χ2v) is 9.28. The van der Waals surface area contributed by atoms with Crippen LogP contribution in [0.1, 0.15) is 24.5 Å². The van der Waals surface area contributed by atoms with Gasteiger partial charge in [-0.25, -0.2) is 14.0 Å². The number of hydrogen-bond acceptors (Lipinski definition) is 5. The summed E-state index contributed by atoms with van der Waals surface area (Å²) in [5.74, 6) is -3.48. The molecule has 2 aliphatic rings. The van der Waals surface area contributed by atoms with E-state index < -0.39 is 72.9 Å². The molecule has 4 N–H and O–H groups in total. The molecular weight excluding hydrogens is 540 g/mol. The van der Waals surface area contributed by atoms with Gasteiger partial charge in [0, 0.05) is 30.5 Å². The van der Waals surface area contributed by atoms with Crippen LogP contribution < -0.4 is 21.3 Å². The number of carbonyl (C=O) groups excluding carboxylic acids is 5. The highest BCUT2D eigenvalue weighted by Gasteiger charge is 2.57. The van der Waals surface area contributed by atoms with E-state index in [1.165, 1.54) is 37.4 Å². The summed E-state index contributed by atoms with van der Waals surface area (Å²) in [6, 6.07) is 4.75. The van der Waals surface area contributed by atoms with Gasteiger partial charge in [-0.15, -0.1) is 0 Å². The molecule has 0 radical (unpaired) electrons. The van der Waals surface area contributed by atoms with Crippen molar-refractivity contribution < 1.29 is 41.5 Å². The molecule has 1 spiro atoms. The van der Waals surface area contributed by atoms with E-state index >= 15 is 0 Å². The molecule has 2 atom stereocenters. The molecule has 15 heteroatoms. The Morgan fingerprint density at radius 1 is 1.12 bits per heavy atom. The molecule has 0 aliphatic carbocycles. The number of rotatable bonds is 6. The van der Waals surface area contributed by atoms with Crippen LogP contribution in [0.3, 0.4) is 0 Å². The zero-order chi connectivity index (χ0) is 29.4. The molecule has 1 fully saturated rings. The number of urea groups is 2. The molecule has 212 valence electrons. The van der Waals surface area contributed by atoms with Gasteiger partial charge in [-0.1, -0.05) is 18.2 Å². The largest absolute Gasteiger partial charge is 0.408 e. The smallest absolute Gasteiger partial charge is 0.341 e. The first-order valence-electron chi connectivity index (χ1n) is 11.9. The summed E-state index contributed by atoms with van der Waals surface area (Å²) >= 11 is 0. The number of carbonyl (C=O) groups is 5. The van der Waals surface area contributed by atoms with Gasteiger partial charge in [0.05, 0.1) is 6.42 Å². The highest BCUT2D eigenvalue weighted by Crippen LogP contribution is 2.41. The molecule has 0 saturated carbocycles. The highest BCUT2D eigenvalue weighted by atomic mass is 19.4. The van der Waals surface area contributed by atoms with Crippen molar-refractivity contribution >= 4 is 41.2 Å². The lowest BCUT2D eigenvalue weighted by atomic mass is 9.82. The summed E-state index contributed by atoms with van der Waals surface area (Å²) in [6.07, 6.45) is -5.37. The van der Waals surface area contributed by atoms with E-state index in [9.17, 15) is 41.5 Å². The first-order valence-corrected chi connectivity index (χ1v) is 11.9. The third kappa shape index (κ3) is 5.39. The third-order valence-electron chi connectivity index (χ3n) is 6.66. The van der Waals surface area contributed by atoms with Gasteiger partial charge in [-0.3, -0.25) is 19.3 Å². The molecule has 1 unspecified atom stereocenters. The van der Waals surface area contributed by atoms with Gasteiger partial charge in [0.15, 0.2) is 5.54 Å².